The van der Waals surface area contributed by atoms with Crippen molar-refractivity contribution in [2.75, 3.05) is 26.3 Å². The Morgan fingerprint density at radius 1 is 1.33 bits per heavy atom. The third-order valence-corrected chi connectivity index (χ3v) is 2.51. The summed E-state index contributed by atoms with van der Waals surface area (Å²) in [7, 11) is 0. The van der Waals surface area contributed by atoms with Crippen LogP contribution in [0.1, 0.15) is 13.8 Å². The van der Waals surface area contributed by atoms with E-state index >= 15 is 0 Å². The molecule has 0 radical (unpaired) electrons. The molecule has 0 aliphatic carbocycles. The van der Waals surface area contributed by atoms with Gasteiger partial charge in [0.05, 0.1) is 23.9 Å². The van der Waals surface area contributed by atoms with Crippen LogP contribution in [0.5, 0.6) is 0 Å². The molecule has 0 unspecified atom stereocenters. The van der Waals surface area contributed by atoms with Gasteiger partial charge in [-0.2, -0.15) is 0 Å². The van der Waals surface area contributed by atoms with Crippen LogP contribution < -0.4 is 0 Å². The highest BCUT2D eigenvalue weighted by atomic mass is 35.5. The standard InChI is InChI=1S/C12H18ClNO/c1-4-12(11(13)9-10(2)3)14-5-7-15-8-6-14/h4,9H,1,5-8H2,2-3H3/b12-11-. The maximum atomic E-state index is 6.22. The number of hydrogen-bond acceptors (Lipinski definition) is 2. The Hall–Kier alpha value is -0.730. The first kappa shape index (κ1) is 12.3. The molecule has 0 saturated carbocycles. The number of halogens is 1. The second-order valence-corrected chi connectivity index (χ2v) is 4.17. The first-order valence-electron chi connectivity index (χ1n) is 5.15. The van der Waals surface area contributed by atoms with Crippen LogP contribution in [-0.4, -0.2) is 31.2 Å². The molecule has 1 fully saturated rings. The predicted molar refractivity (Wildman–Crippen MR) is 64.9 cm³/mol. The number of rotatable bonds is 3. The third kappa shape index (κ3) is 3.73. The fourth-order valence-electron chi connectivity index (χ4n) is 1.51. The van der Waals surface area contributed by atoms with Gasteiger partial charge in [0, 0.05) is 13.1 Å². The number of hydrogen-bond donors (Lipinski definition) is 0. The second kappa shape index (κ2) is 5.99. The van der Waals surface area contributed by atoms with E-state index in [1.165, 1.54) is 5.57 Å². The average Bonchev–Trinajstić information content (AvgIpc) is 2.19. The zero-order valence-electron chi connectivity index (χ0n) is 9.42. The minimum Gasteiger partial charge on any atom is -0.378 e. The zero-order chi connectivity index (χ0) is 11.3. The van der Waals surface area contributed by atoms with Crippen molar-refractivity contribution in [1.82, 2.24) is 4.90 Å². The highest BCUT2D eigenvalue weighted by Crippen LogP contribution is 2.19. The molecule has 1 aliphatic heterocycles. The van der Waals surface area contributed by atoms with Gasteiger partial charge in [0.15, 0.2) is 0 Å². The number of ether oxygens (including phenoxy) is 1. The summed E-state index contributed by atoms with van der Waals surface area (Å²) < 4.78 is 5.30. The smallest absolute Gasteiger partial charge is 0.0642 e. The van der Waals surface area contributed by atoms with E-state index in [0.29, 0.717) is 0 Å². The maximum Gasteiger partial charge on any atom is 0.0642 e. The molecule has 2 nitrogen and oxygen atoms in total. The van der Waals surface area contributed by atoms with Crippen LogP contribution in [0.25, 0.3) is 0 Å². The van der Waals surface area contributed by atoms with Crippen molar-refractivity contribution in [2.45, 2.75) is 13.8 Å². The van der Waals surface area contributed by atoms with E-state index in [-0.39, 0.29) is 0 Å². The Kier molecular flexibility index (Phi) is 4.92. The average molecular weight is 228 g/mol. The third-order valence-electron chi connectivity index (χ3n) is 2.21. The molecule has 1 saturated heterocycles. The van der Waals surface area contributed by atoms with E-state index in [0.717, 1.165) is 37.0 Å². The largest absolute Gasteiger partial charge is 0.378 e. The topological polar surface area (TPSA) is 12.5 Å². The molecule has 84 valence electrons. The Balaban J connectivity index is 2.84. The molecule has 0 bridgehead atoms. The van der Waals surface area contributed by atoms with E-state index in [1.807, 2.05) is 26.0 Å². The van der Waals surface area contributed by atoms with E-state index in [1.54, 1.807) is 0 Å². The molecular formula is C12H18ClNO. The molecule has 1 rings (SSSR count). The minimum atomic E-state index is 0.756. The second-order valence-electron chi connectivity index (χ2n) is 3.76. The first-order valence-corrected chi connectivity index (χ1v) is 5.52. The molecule has 15 heavy (non-hydrogen) atoms. The van der Waals surface area contributed by atoms with Crippen molar-refractivity contribution in [3.63, 3.8) is 0 Å². The van der Waals surface area contributed by atoms with Gasteiger partial charge in [-0.15, -0.1) is 0 Å². The number of allylic oxidation sites excluding steroid dienone is 4. The van der Waals surface area contributed by atoms with E-state index in [2.05, 4.69) is 11.5 Å². The van der Waals surface area contributed by atoms with Gasteiger partial charge in [0.1, 0.15) is 0 Å². The van der Waals surface area contributed by atoms with Gasteiger partial charge < -0.3 is 9.64 Å². The lowest BCUT2D eigenvalue weighted by atomic mass is 10.2. The van der Waals surface area contributed by atoms with Gasteiger partial charge in [-0.1, -0.05) is 23.8 Å². The van der Waals surface area contributed by atoms with Crippen LogP contribution in [0.3, 0.4) is 0 Å². The number of nitrogens with zero attached hydrogens (tertiary/aromatic N) is 1. The van der Waals surface area contributed by atoms with Crippen molar-refractivity contribution in [3.05, 3.63) is 35.0 Å². The summed E-state index contributed by atoms with van der Waals surface area (Å²) in [4.78, 5) is 2.21. The lowest BCUT2D eigenvalue weighted by molar-refractivity contribution is 0.0553. The zero-order valence-corrected chi connectivity index (χ0v) is 10.2. The van der Waals surface area contributed by atoms with Gasteiger partial charge in [0.25, 0.3) is 0 Å². The Morgan fingerprint density at radius 3 is 2.40 bits per heavy atom. The Bertz CT molecular complexity index is 284. The van der Waals surface area contributed by atoms with Gasteiger partial charge >= 0.3 is 0 Å². The summed E-state index contributed by atoms with van der Waals surface area (Å²) in [6, 6.07) is 0. The summed E-state index contributed by atoms with van der Waals surface area (Å²) in [6.45, 7) is 11.2. The molecule has 0 aromatic heterocycles. The van der Waals surface area contributed by atoms with Crippen LogP contribution in [0.15, 0.2) is 35.0 Å². The van der Waals surface area contributed by atoms with Gasteiger partial charge in [-0.05, 0) is 26.0 Å². The molecule has 0 aromatic rings. The van der Waals surface area contributed by atoms with Gasteiger partial charge in [0.2, 0.25) is 0 Å². The van der Waals surface area contributed by atoms with Crippen LogP contribution in [0, 0.1) is 0 Å². The van der Waals surface area contributed by atoms with E-state index < -0.39 is 0 Å². The van der Waals surface area contributed by atoms with Gasteiger partial charge in [-0.25, -0.2) is 0 Å². The highest BCUT2D eigenvalue weighted by Gasteiger charge is 2.13. The number of morpholine rings is 1. The first-order chi connectivity index (χ1) is 7.15. The maximum absolute atomic E-state index is 6.22. The summed E-state index contributed by atoms with van der Waals surface area (Å²) in [5.41, 5.74) is 2.19. The quantitative estimate of drug-likeness (QED) is 0.688. The lowest BCUT2D eigenvalue weighted by Gasteiger charge is -2.30. The monoisotopic (exact) mass is 227 g/mol. The summed E-state index contributed by atoms with van der Waals surface area (Å²) >= 11 is 6.22. The molecule has 3 heteroatoms. The van der Waals surface area contributed by atoms with Crippen molar-refractivity contribution in [2.24, 2.45) is 0 Å². The van der Waals surface area contributed by atoms with Crippen molar-refractivity contribution in [3.8, 4) is 0 Å². The fourth-order valence-corrected chi connectivity index (χ4v) is 1.92. The predicted octanol–water partition coefficient (Wildman–Crippen LogP) is 2.92. The molecule has 0 N–H and O–H groups in total. The fraction of sp³-hybridized carbons (Fsp3) is 0.500. The summed E-state index contributed by atoms with van der Waals surface area (Å²) in [5, 5.41) is 0.756. The van der Waals surface area contributed by atoms with E-state index in [9.17, 15) is 0 Å². The van der Waals surface area contributed by atoms with Crippen LogP contribution in [0.4, 0.5) is 0 Å². The SMILES string of the molecule is C=C/C(=C(/Cl)C=C(C)C)N1CCOCC1. The van der Waals surface area contributed by atoms with Crippen molar-refractivity contribution in [1.29, 1.82) is 0 Å². The molecule has 0 aromatic carbocycles. The van der Waals surface area contributed by atoms with Crippen LogP contribution in [-0.2, 0) is 4.74 Å². The lowest BCUT2D eigenvalue weighted by Crippen LogP contribution is -2.35. The Labute approximate surface area is 96.9 Å². The normalized spacial score (nSPS) is 18.2. The molecule has 0 amide bonds. The van der Waals surface area contributed by atoms with Crippen LogP contribution >= 0.6 is 11.6 Å². The van der Waals surface area contributed by atoms with Crippen molar-refractivity contribution < 1.29 is 4.74 Å². The summed E-state index contributed by atoms with van der Waals surface area (Å²) in [5.74, 6) is 0. The molecule has 0 spiro atoms. The Morgan fingerprint density at radius 2 is 1.93 bits per heavy atom. The van der Waals surface area contributed by atoms with Crippen molar-refractivity contribution >= 4 is 11.6 Å². The molecule has 1 heterocycles. The molecular weight excluding hydrogens is 210 g/mol. The van der Waals surface area contributed by atoms with E-state index in [4.69, 9.17) is 16.3 Å². The molecule has 1 aliphatic rings. The van der Waals surface area contributed by atoms with Gasteiger partial charge in [-0.3, -0.25) is 0 Å². The minimum absolute atomic E-state index is 0.756. The highest BCUT2D eigenvalue weighted by molar-refractivity contribution is 6.31. The van der Waals surface area contributed by atoms with Crippen LogP contribution in [0.2, 0.25) is 0 Å². The molecule has 0 atom stereocenters. The summed E-state index contributed by atoms with van der Waals surface area (Å²) in [6.07, 6.45) is 3.78.